The third kappa shape index (κ3) is 8.82. The maximum atomic E-state index is 0. The average molecular weight is 235 g/mol. The van der Waals surface area contributed by atoms with E-state index in [9.17, 15) is 0 Å². The molecule has 0 amide bonds. The fourth-order valence-electron chi connectivity index (χ4n) is 0. The fourth-order valence-corrected chi connectivity index (χ4v) is 0. The van der Waals surface area contributed by atoms with Crippen molar-refractivity contribution >= 4 is 64.8 Å². The van der Waals surface area contributed by atoms with Gasteiger partial charge in [-0.15, -0.1) is 0 Å². The van der Waals surface area contributed by atoms with Crippen LogP contribution in [0.5, 0.6) is 0 Å². The molecule has 2 radical (unpaired) electrons. The fraction of sp³-hybridized carbons (Fsp3) is 0. The molecule has 0 aromatic carbocycles. The van der Waals surface area contributed by atoms with Crippen LogP contribution in [-0.2, 0) is 17.1 Å². The first kappa shape index (κ1) is 30.3. The molecule has 0 aliphatic heterocycles. The van der Waals surface area contributed by atoms with Gasteiger partial charge in [0, 0.05) is 17.1 Å². The zero-order valence-corrected chi connectivity index (χ0v) is 7.55. The molecule has 0 nitrogen and oxygen atoms in total. The van der Waals surface area contributed by atoms with Gasteiger partial charge in [-0.2, -0.15) is 0 Å². The second-order valence-electron chi connectivity index (χ2n) is 0. The molecule has 0 fully saturated rings. The molecular weight excluding hydrogens is 228 g/mol. The quantitative estimate of drug-likeness (QED) is 0.416. The van der Waals surface area contributed by atoms with E-state index in [1.807, 2.05) is 0 Å². The first-order chi connectivity index (χ1) is 0. The number of hydrogen-bond acceptors (Lipinski definition) is 0. The van der Waals surface area contributed by atoms with Crippen LogP contribution < -0.4 is 0 Å². The van der Waals surface area contributed by atoms with Crippen LogP contribution in [0.2, 0.25) is 0 Å². The average Bonchev–Trinajstić information content (AvgIpc) is 0. The van der Waals surface area contributed by atoms with E-state index >= 15 is 0 Å². The Labute approximate surface area is 83.6 Å². The number of rotatable bonds is 0. The van der Waals surface area contributed by atoms with Gasteiger partial charge in [0.1, 0.15) is 0 Å². The maximum absolute atomic E-state index is 0. The van der Waals surface area contributed by atoms with Crippen molar-refractivity contribution in [1.29, 1.82) is 0 Å². The second-order valence-corrected chi connectivity index (χ2v) is 0. The molecule has 0 aliphatic rings. The van der Waals surface area contributed by atoms with Gasteiger partial charge in [-0.3, -0.25) is 0 Å². The molecule has 0 aromatic heterocycles. The summed E-state index contributed by atoms with van der Waals surface area (Å²) < 4.78 is 0. The monoisotopic (exact) mass is 234 g/mol. The van der Waals surface area contributed by atoms with E-state index in [1.54, 1.807) is 0 Å². The molecule has 0 heterocycles. The molecular formula is H7AlMgMnSb. The van der Waals surface area contributed by atoms with E-state index in [0.717, 1.165) is 0 Å². The van der Waals surface area contributed by atoms with Gasteiger partial charge in [-0.05, 0) is 0 Å². The van der Waals surface area contributed by atoms with Crippen molar-refractivity contribution in [2.24, 2.45) is 0 Å². The third-order valence-corrected chi connectivity index (χ3v) is 0. The zero-order chi connectivity index (χ0) is 0. The summed E-state index contributed by atoms with van der Waals surface area (Å²) in [5.74, 6) is 0. The first-order valence-electron chi connectivity index (χ1n) is 0. The Kier molecular flexibility index (Phi) is 132. The van der Waals surface area contributed by atoms with E-state index in [1.165, 1.54) is 0 Å². The molecule has 0 saturated carbocycles. The van der Waals surface area contributed by atoms with Crippen molar-refractivity contribution in [2.45, 2.75) is 0 Å². The van der Waals surface area contributed by atoms with E-state index in [-0.39, 0.29) is 84.8 Å². The minimum atomic E-state index is 0. The summed E-state index contributed by atoms with van der Waals surface area (Å²) in [6.45, 7) is 0. The van der Waals surface area contributed by atoms with Crippen molar-refractivity contribution in [1.82, 2.24) is 0 Å². The van der Waals surface area contributed by atoms with Gasteiger partial charge in [0.15, 0.2) is 17.4 Å². The Morgan fingerprint density at radius 1 is 1.25 bits per heavy atom. The normalized spacial score (nSPS) is 0. The third-order valence-electron chi connectivity index (χ3n) is 0. The Morgan fingerprint density at radius 3 is 1.25 bits per heavy atom. The predicted molar refractivity (Wildman–Crippen MR) is 26.5 cm³/mol. The van der Waals surface area contributed by atoms with Gasteiger partial charge in [-0.25, -0.2) is 0 Å². The molecule has 0 aliphatic carbocycles. The summed E-state index contributed by atoms with van der Waals surface area (Å²) in [5, 5.41) is 0. The molecule has 0 saturated heterocycles. The Hall–Kier alpha value is 2.64. The Morgan fingerprint density at radius 2 is 1.25 bits per heavy atom. The summed E-state index contributed by atoms with van der Waals surface area (Å²) in [4.78, 5) is 0. The van der Waals surface area contributed by atoms with E-state index in [4.69, 9.17) is 0 Å². The topological polar surface area (TPSA) is 0 Å². The SMILES string of the molecule is [AlH3].[H-].[H-].[Mg+2].[Mn].[SbH2]. The van der Waals surface area contributed by atoms with Crippen molar-refractivity contribution in [3.63, 3.8) is 0 Å². The molecule has 0 unspecified atom stereocenters. The van der Waals surface area contributed by atoms with Crippen LogP contribution in [0.15, 0.2) is 0 Å². The van der Waals surface area contributed by atoms with Crippen molar-refractivity contribution < 1.29 is 19.9 Å². The molecule has 4 heteroatoms. The molecule has 0 aromatic rings. The van der Waals surface area contributed by atoms with Gasteiger partial charge < -0.3 is 2.85 Å². The van der Waals surface area contributed by atoms with Crippen LogP contribution >= 0.6 is 0 Å². The van der Waals surface area contributed by atoms with Gasteiger partial charge in [-0.1, -0.05) is 0 Å². The van der Waals surface area contributed by atoms with Gasteiger partial charge >= 0.3 is 47.5 Å². The van der Waals surface area contributed by atoms with E-state index < -0.39 is 0 Å². The van der Waals surface area contributed by atoms with Crippen molar-refractivity contribution in [3.8, 4) is 0 Å². The summed E-state index contributed by atoms with van der Waals surface area (Å²) in [6.07, 6.45) is 0. The number of hydrogen-bond donors (Lipinski definition) is 0. The van der Waals surface area contributed by atoms with E-state index in [0.29, 0.717) is 0 Å². The van der Waals surface area contributed by atoms with Crippen LogP contribution in [0.25, 0.3) is 0 Å². The van der Waals surface area contributed by atoms with E-state index in [2.05, 4.69) is 0 Å². The molecule has 0 bridgehead atoms. The van der Waals surface area contributed by atoms with Gasteiger partial charge in [0.2, 0.25) is 0 Å². The summed E-state index contributed by atoms with van der Waals surface area (Å²) in [7, 11) is 0. The summed E-state index contributed by atoms with van der Waals surface area (Å²) in [6, 6.07) is 0. The van der Waals surface area contributed by atoms with Crippen LogP contribution in [0.3, 0.4) is 0 Å². The minimum absolute atomic E-state index is 0. The van der Waals surface area contributed by atoms with Gasteiger partial charge in [0.05, 0.1) is 0 Å². The summed E-state index contributed by atoms with van der Waals surface area (Å²) in [5.41, 5.74) is 0. The molecule has 0 atom stereocenters. The first-order valence-corrected chi connectivity index (χ1v) is 0. The van der Waals surface area contributed by atoms with Crippen LogP contribution in [-0.4, -0.2) is 64.8 Å². The van der Waals surface area contributed by atoms with Crippen molar-refractivity contribution in [3.05, 3.63) is 0 Å². The Bertz CT molecular complexity index is 13.5. The van der Waals surface area contributed by atoms with Gasteiger partial charge in [0.25, 0.3) is 0 Å². The second kappa shape index (κ2) is 17.4. The van der Waals surface area contributed by atoms with Crippen LogP contribution in [0, 0.1) is 0 Å². The zero-order valence-electron chi connectivity index (χ0n) is 3.66. The van der Waals surface area contributed by atoms with Crippen molar-refractivity contribution in [2.75, 3.05) is 0 Å². The molecule has 0 N–H and O–H groups in total. The molecule has 4 heavy (non-hydrogen) atoms. The molecule has 0 rings (SSSR count). The molecule has 24 valence electrons. The summed E-state index contributed by atoms with van der Waals surface area (Å²) >= 11 is 0. The predicted octanol–water partition coefficient (Wildman–Crippen LogP) is -2.26. The standard InChI is InChI=1S/Al.Mg.Mn.Sb.7H/q;+2;;;;;;;;2*-1. The molecule has 0 spiro atoms. The van der Waals surface area contributed by atoms with Crippen LogP contribution in [0.1, 0.15) is 2.85 Å². The van der Waals surface area contributed by atoms with Crippen LogP contribution in [0.4, 0.5) is 0 Å². The Balaban J connectivity index is 0.